The SMILES string of the molecule is CN1CCN(C2Cc3ccccc3Sc3ccc(OCc4ccccc4)cc32)CC1. The largest absolute Gasteiger partial charge is 0.489 e. The number of benzene rings is 3. The molecule has 3 aromatic carbocycles. The second kappa shape index (κ2) is 8.84. The number of piperazine rings is 1. The van der Waals surface area contributed by atoms with Gasteiger partial charge in [0.05, 0.1) is 0 Å². The minimum Gasteiger partial charge on any atom is -0.489 e. The molecule has 30 heavy (non-hydrogen) atoms. The fourth-order valence-electron chi connectivity index (χ4n) is 4.38. The number of fused-ring (bicyclic) bond motifs is 2. The van der Waals surface area contributed by atoms with Crippen molar-refractivity contribution in [3.05, 3.63) is 89.5 Å². The van der Waals surface area contributed by atoms with Gasteiger partial charge in [0.1, 0.15) is 12.4 Å². The van der Waals surface area contributed by atoms with E-state index in [-0.39, 0.29) is 0 Å². The Labute approximate surface area is 183 Å². The first-order chi connectivity index (χ1) is 14.8. The lowest BCUT2D eigenvalue weighted by Gasteiger charge is -2.38. The van der Waals surface area contributed by atoms with Crippen molar-refractivity contribution in [3.8, 4) is 5.75 Å². The van der Waals surface area contributed by atoms with Crippen molar-refractivity contribution in [2.24, 2.45) is 0 Å². The first kappa shape index (κ1) is 19.7. The number of ether oxygens (including phenoxy) is 1. The van der Waals surface area contributed by atoms with E-state index in [4.69, 9.17) is 4.74 Å². The Hall–Kier alpha value is -2.27. The molecule has 1 unspecified atom stereocenters. The highest BCUT2D eigenvalue weighted by Crippen LogP contribution is 2.44. The molecule has 0 N–H and O–H groups in total. The summed E-state index contributed by atoms with van der Waals surface area (Å²) in [6.45, 7) is 5.09. The van der Waals surface area contributed by atoms with Gasteiger partial charge in [0, 0.05) is 42.0 Å². The molecule has 3 aromatic rings. The average molecular weight is 417 g/mol. The molecule has 3 nitrogen and oxygen atoms in total. The van der Waals surface area contributed by atoms with Crippen LogP contribution in [-0.2, 0) is 13.0 Å². The van der Waals surface area contributed by atoms with Gasteiger partial charge in [-0.15, -0.1) is 0 Å². The van der Waals surface area contributed by atoms with Crippen molar-refractivity contribution in [3.63, 3.8) is 0 Å². The standard InChI is InChI=1S/C26H28N2OS/c1-27-13-15-28(16-14-27)24-17-21-9-5-6-10-25(21)30-26-12-11-22(18-23(24)26)29-19-20-7-3-2-4-8-20/h2-12,18,24H,13-17,19H2,1H3. The molecule has 1 atom stereocenters. The first-order valence-corrected chi connectivity index (χ1v) is 11.6. The van der Waals surface area contributed by atoms with E-state index in [1.54, 1.807) is 0 Å². The number of hydrogen-bond acceptors (Lipinski definition) is 4. The van der Waals surface area contributed by atoms with Crippen LogP contribution < -0.4 is 4.74 Å². The van der Waals surface area contributed by atoms with E-state index >= 15 is 0 Å². The highest BCUT2D eigenvalue weighted by Gasteiger charge is 2.29. The summed E-state index contributed by atoms with van der Waals surface area (Å²) in [4.78, 5) is 7.84. The predicted octanol–water partition coefficient (Wildman–Crippen LogP) is 5.26. The number of hydrogen-bond donors (Lipinski definition) is 0. The van der Waals surface area contributed by atoms with Crippen LogP contribution in [0.3, 0.4) is 0 Å². The molecule has 0 radical (unpaired) electrons. The molecule has 2 aliphatic heterocycles. The molecule has 0 amide bonds. The third-order valence-electron chi connectivity index (χ3n) is 6.17. The summed E-state index contributed by atoms with van der Waals surface area (Å²) in [7, 11) is 2.22. The Kier molecular flexibility index (Phi) is 5.80. The Balaban J connectivity index is 1.46. The van der Waals surface area contributed by atoms with Gasteiger partial charge < -0.3 is 9.64 Å². The Morgan fingerprint density at radius 3 is 2.47 bits per heavy atom. The van der Waals surface area contributed by atoms with Crippen LogP contribution in [0, 0.1) is 0 Å². The third kappa shape index (κ3) is 4.27. The summed E-state index contributed by atoms with van der Waals surface area (Å²) in [5, 5.41) is 0. The van der Waals surface area contributed by atoms with Gasteiger partial charge in [0.25, 0.3) is 0 Å². The van der Waals surface area contributed by atoms with Crippen LogP contribution in [0.15, 0.2) is 82.6 Å². The lowest BCUT2D eigenvalue weighted by Crippen LogP contribution is -2.46. The van der Waals surface area contributed by atoms with Crippen LogP contribution in [0.1, 0.15) is 22.7 Å². The lowest BCUT2D eigenvalue weighted by atomic mass is 9.96. The molecule has 0 spiro atoms. The molecule has 1 fully saturated rings. The van der Waals surface area contributed by atoms with Crippen molar-refractivity contribution in [2.75, 3.05) is 33.2 Å². The van der Waals surface area contributed by atoms with Gasteiger partial charge in [-0.1, -0.05) is 60.3 Å². The summed E-state index contributed by atoms with van der Waals surface area (Å²) in [6.07, 6.45) is 1.06. The molecule has 4 heteroatoms. The van der Waals surface area contributed by atoms with Crippen LogP contribution in [0.25, 0.3) is 0 Å². The van der Waals surface area contributed by atoms with E-state index in [2.05, 4.69) is 83.6 Å². The Morgan fingerprint density at radius 2 is 1.63 bits per heavy atom. The number of rotatable bonds is 4. The summed E-state index contributed by atoms with van der Waals surface area (Å²) in [5.74, 6) is 0.961. The third-order valence-corrected chi connectivity index (χ3v) is 7.38. The predicted molar refractivity (Wildman–Crippen MR) is 123 cm³/mol. The zero-order valence-electron chi connectivity index (χ0n) is 17.5. The molecule has 154 valence electrons. The zero-order chi connectivity index (χ0) is 20.3. The monoisotopic (exact) mass is 416 g/mol. The summed E-state index contributed by atoms with van der Waals surface area (Å²) >= 11 is 1.90. The van der Waals surface area contributed by atoms with Gasteiger partial charge in [-0.3, -0.25) is 4.90 Å². The summed E-state index contributed by atoms with van der Waals surface area (Å²) < 4.78 is 6.19. The Morgan fingerprint density at radius 1 is 0.867 bits per heavy atom. The second-order valence-corrected chi connectivity index (χ2v) is 9.33. The average Bonchev–Trinajstić information content (AvgIpc) is 2.95. The van der Waals surface area contributed by atoms with Crippen molar-refractivity contribution in [1.82, 2.24) is 9.80 Å². The van der Waals surface area contributed by atoms with Crippen LogP contribution in [-0.4, -0.2) is 43.0 Å². The molecule has 2 heterocycles. The van der Waals surface area contributed by atoms with Gasteiger partial charge in [-0.25, -0.2) is 0 Å². The summed E-state index contributed by atoms with van der Waals surface area (Å²) in [6, 6.07) is 26.3. The van der Waals surface area contributed by atoms with E-state index in [9.17, 15) is 0 Å². The highest BCUT2D eigenvalue weighted by molar-refractivity contribution is 7.99. The Bertz CT molecular complexity index is 999. The van der Waals surface area contributed by atoms with Gasteiger partial charge >= 0.3 is 0 Å². The van der Waals surface area contributed by atoms with Gasteiger partial charge in [-0.2, -0.15) is 0 Å². The maximum atomic E-state index is 6.19. The smallest absolute Gasteiger partial charge is 0.120 e. The molecule has 0 saturated carbocycles. The van der Waals surface area contributed by atoms with E-state index in [1.807, 2.05) is 17.8 Å². The van der Waals surface area contributed by atoms with Crippen LogP contribution >= 0.6 is 11.8 Å². The van der Waals surface area contributed by atoms with Crippen LogP contribution in [0.5, 0.6) is 5.75 Å². The molecule has 0 bridgehead atoms. The lowest BCUT2D eigenvalue weighted by molar-refractivity contribution is 0.109. The molecular formula is C26H28N2OS. The quantitative estimate of drug-likeness (QED) is 0.576. The van der Waals surface area contributed by atoms with E-state index in [0.717, 1.165) is 38.3 Å². The minimum atomic E-state index is 0.394. The first-order valence-electron chi connectivity index (χ1n) is 10.8. The second-order valence-electron chi connectivity index (χ2n) is 8.24. The van der Waals surface area contributed by atoms with E-state index < -0.39 is 0 Å². The van der Waals surface area contributed by atoms with Gasteiger partial charge in [0.15, 0.2) is 0 Å². The zero-order valence-corrected chi connectivity index (χ0v) is 18.3. The highest BCUT2D eigenvalue weighted by atomic mass is 32.2. The van der Waals surface area contributed by atoms with Gasteiger partial charge in [0.2, 0.25) is 0 Å². The number of likely N-dealkylation sites (N-methyl/N-ethyl adjacent to an activating group) is 1. The molecule has 2 aliphatic rings. The maximum Gasteiger partial charge on any atom is 0.120 e. The maximum absolute atomic E-state index is 6.19. The molecule has 1 saturated heterocycles. The molecule has 0 aromatic heterocycles. The fraction of sp³-hybridized carbons (Fsp3) is 0.308. The fourth-order valence-corrected chi connectivity index (χ4v) is 5.49. The molecule has 0 aliphatic carbocycles. The normalized spacial score (nSPS) is 19.6. The van der Waals surface area contributed by atoms with Crippen molar-refractivity contribution >= 4 is 11.8 Å². The van der Waals surface area contributed by atoms with E-state index in [0.29, 0.717) is 12.6 Å². The van der Waals surface area contributed by atoms with Gasteiger partial charge in [-0.05, 0) is 54.4 Å². The number of nitrogens with zero attached hydrogens (tertiary/aromatic N) is 2. The molecule has 5 rings (SSSR count). The van der Waals surface area contributed by atoms with Crippen molar-refractivity contribution in [1.29, 1.82) is 0 Å². The topological polar surface area (TPSA) is 15.7 Å². The molecular weight excluding hydrogens is 388 g/mol. The minimum absolute atomic E-state index is 0.394. The summed E-state index contributed by atoms with van der Waals surface area (Å²) in [5.41, 5.74) is 4.06. The van der Waals surface area contributed by atoms with Crippen LogP contribution in [0.2, 0.25) is 0 Å². The van der Waals surface area contributed by atoms with E-state index in [1.165, 1.54) is 26.5 Å². The van der Waals surface area contributed by atoms with Crippen molar-refractivity contribution < 1.29 is 4.74 Å². The van der Waals surface area contributed by atoms with Crippen molar-refractivity contribution in [2.45, 2.75) is 28.9 Å². The van der Waals surface area contributed by atoms with Crippen LogP contribution in [0.4, 0.5) is 0 Å².